The van der Waals surface area contributed by atoms with Crippen molar-refractivity contribution in [3.63, 3.8) is 0 Å². The van der Waals surface area contributed by atoms with Crippen LogP contribution in [-0.4, -0.2) is 44.3 Å². The van der Waals surface area contributed by atoms with Gasteiger partial charge in [-0.15, -0.1) is 0 Å². The minimum atomic E-state index is 0.752. The molecule has 2 aliphatic rings. The number of nitrogens with two attached hydrogens (primary N) is 1. The Bertz CT molecular complexity index is 247. The summed E-state index contributed by atoms with van der Waals surface area (Å²) in [5.41, 5.74) is 5.78. The van der Waals surface area contributed by atoms with Crippen LogP contribution in [0.5, 0.6) is 0 Å². The van der Waals surface area contributed by atoms with E-state index in [4.69, 9.17) is 10.5 Å². The van der Waals surface area contributed by atoms with Gasteiger partial charge in [0.05, 0.1) is 6.61 Å². The van der Waals surface area contributed by atoms with Gasteiger partial charge in [0.25, 0.3) is 0 Å². The molecule has 1 atom stereocenters. The van der Waals surface area contributed by atoms with Crippen LogP contribution < -0.4 is 5.73 Å². The van der Waals surface area contributed by atoms with Gasteiger partial charge < -0.3 is 10.5 Å². The predicted molar refractivity (Wildman–Crippen MR) is 80.1 cm³/mol. The molecule has 1 unspecified atom stereocenters. The molecule has 19 heavy (non-hydrogen) atoms. The molecule has 0 aliphatic heterocycles. The Morgan fingerprint density at radius 2 is 1.74 bits per heavy atom. The number of hydrogen-bond donors (Lipinski definition) is 1. The molecule has 0 aromatic carbocycles. The molecule has 0 amide bonds. The van der Waals surface area contributed by atoms with Gasteiger partial charge in [0, 0.05) is 26.2 Å². The fraction of sp³-hybridized carbons (Fsp3) is 1.00. The summed E-state index contributed by atoms with van der Waals surface area (Å²) in [6.45, 7) is 6.55. The first-order valence-corrected chi connectivity index (χ1v) is 8.17. The van der Waals surface area contributed by atoms with Gasteiger partial charge in [0.2, 0.25) is 0 Å². The lowest BCUT2D eigenvalue weighted by atomic mass is 9.81. The SMILES string of the molecule is COCCN(CC1CCC(CN)CC1)C(C)C1CC1. The maximum absolute atomic E-state index is 5.78. The highest BCUT2D eigenvalue weighted by molar-refractivity contribution is 4.87. The van der Waals surface area contributed by atoms with Crippen molar-refractivity contribution >= 4 is 0 Å². The Kier molecular flexibility index (Phi) is 6.11. The van der Waals surface area contributed by atoms with Gasteiger partial charge in [-0.25, -0.2) is 0 Å². The molecule has 0 spiro atoms. The molecule has 0 saturated heterocycles. The fourth-order valence-electron chi connectivity index (χ4n) is 3.53. The largest absolute Gasteiger partial charge is 0.383 e. The third-order valence-corrected chi connectivity index (χ3v) is 5.26. The maximum Gasteiger partial charge on any atom is 0.0589 e. The van der Waals surface area contributed by atoms with Crippen LogP contribution in [0.15, 0.2) is 0 Å². The van der Waals surface area contributed by atoms with Crippen molar-refractivity contribution in [1.29, 1.82) is 0 Å². The van der Waals surface area contributed by atoms with Gasteiger partial charge in [-0.1, -0.05) is 0 Å². The van der Waals surface area contributed by atoms with Crippen LogP contribution in [-0.2, 0) is 4.74 Å². The monoisotopic (exact) mass is 268 g/mol. The molecule has 0 aromatic heterocycles. The Hall–Kier alpha value is -0.120. The standard InChI is InChI=1S/C16H32N2O/c1-13(16-7-8-16)18(9-10-19-2)12-15-5-3-14(11-17)4-6-15/h13-16H,3-12,17H2,1-2H3. The zero-order valence-corrected chi connectivity index (χ0v) is 12.8. The lowest BCUT2D eigenvalue weighted by Crippen LogP contribution is -2.41. The number of nitrogens with zero attached hydrogens (tertiary/aromatic N) is 1. The zero-order chi connectivity index (χ0) is 13.7. The average Bonchev–Trinajstić information content (AvgIpc) is 3.28. The second-order valence-corrected chi connectivity index (χ2v) is 6.69. The zero-order valence-electron chi connectivity index (χ0n) is 12.8. The summed E-state index contributed by atoms with van der Waals surface area (Å²) in [6, 6.07) is 0.752. The smallest absolute Gasteiger partial charge is 0.0589 e. The third kappa shape index (κ3) is 4.73. The quantitative estimate of drug-likeness (QED) is 0.735. The summed E-state index contributed by atoms with van der Waals surface area (Å²) in [5, 5.41) is 0. The van der Waals surface area contributed by atoms with Crippen LogP contribution in [0.2, 0.25) is 0 Å². The van der Waals surface area contributed by atoms with Crippen molar-refractivity contribution in [2.24, 2.45) is 23.5 Å². The number of methoxy groups -OCH3 is 1. The molecule has 3 heteroatoms. The Labute approximate surface area is 118 Å². The molecule has 0 bridgehead atoms. The first-order valence-electron chi connectivity index (χ1n) is 8.17. The van der Waals surface area contributed by atoms with Gasteiger partial charge in [-0.05, 0) is 69.7 Å². The number of hydrogen-bond acceptors (Lipinski definition) is 3. The van der Waals surface area contributed by atoms with Crippen LogP contribution >= 0.6 is 0 Å². The fourth-order valence-corrected chi connectivity index (χ4v) is 3.53. The summed E-state index contributed by atoms with van der Waals surface area (Å²) in [4.78, 5) is 2.69. The highest BCUT2D eigenvalue weighted by Crippen LogP contribution is 2.36. The molecule has 2 N–H and O–H groups in total. The Morgan fingerprint density at radius 1 is 1.11 bits per heavy atom. The lowest BCUT2D eigenvalue weighted by Gasteiger charge is -2.35. The van der Waals surface area contributed by atoms with E-state index in [0.29, 0.717) is 0 Å². The van der Waals surface area contributed by atoms with Crippen molar-refractivity contribution in [3.05, 3.63) is 0 Å². The van der Waals surface area contributed by atoms with Crippen LogP contribution in [0.25, 0.3) is 0 Å². The van der Waals surface area contributed by atoms with Crippen LogP contribution in [0, 0.1) is 17.8 Å². The van der Waals surface area contributed by atoms with Crippen molar-refractivity contribution in [2.45, 2.75) is 51.5 Å². The summed E-state index contributed by atoms with van der Waals surface area (Å²) in [6.07, 6.45) is 8.31. The number of rotatable bonds is 8. The molecular formula is C16H32N2O. The second kappa shape index (κ2) is 7.61. The molecule has 2 aliphatic carbocycles. The summed E-state index contributed by atoms with van der Waals surface area (Å²) >= 11 is 0. The van der Waals surface area contributed by atoms with E-state index in [9.17, 15) is 0 Å². The van der Waals surface area contributed by atoms with E-state index in [2.05, 4.69) is 11.8 Å². The predicted octanol–water partition coefficient (Wildman–Crippen LogP) is 2.50. The van der Waals surface area contributed by atoms with E-state index >= 15 is 0 Å². The molecule has 112 valence electrons. The molecule has 0 aromatic rings. The van der Waals surface area contributed by atoms with Crippen molar-refractivity contribution in [1.82, 2.24) is 4.90 Å². The van der Waals surface area contributed by atoms with E-state index in [1.54, 1.807) is 0 Å². The Morgan fingerprint density at radius 3 is 2.26 bits per heavy atom. The first kappa shape index (κ1) is 15.3. The molecule has 2 fully saturated rings. The number of ether oxygens (including phenoxy) is 1. The van der Waals surface area contributed by atoms with Gasteiger partial charge in [0.15, 0.2) is 0 Å². The summed E-state index contributed by atoms with van der Waals surface area (Å²) in [7, 11) is 1.81. The van der Waals surface area contributed by atoms with Crippen LogP contribution in [0.1, 0.15) is 45.4 Å². The van der Waals surface area contributed by atoms with Gasteiger partial charge >= 0.3 is 0 Å². The average molecular weight is 268 g/mol. The van der Waals surface area contributed by atoms with E-state index < -0.39 is 0 Å². The second-order valence-electron chi connectivity index (χ2n) is 6.69. The minimum absolute atomic E-state index is 0.752. The van der Waals surface area contributed by atoms with Crippen molar-refractivity contribution < 1.29 is 4.74 Å². The molecule has 2 saturated carbocycles. The van der Waals surface area contributed by atoms with E-state index in [-0.39, 0.29) is 0 Å². The molecular weight excluding hydrogens is 236 g/mol. The van der Waals surface area contributed by atoms with Gasteiger partial charge in [0.1, 0.15) is 0 Å². The normalized spacial score (nSPS) is 29.7. The summed E-state index contributed by atoms with van der Waals surface area (Å²) in [5.74, 6) is 2.64. The third-order valence-electron chi connectivity index (χ3n) is 5.26. The molecule has 2 rings (SSSR count). The van der Waals surface area contributed by atoms with Crippen molar-refractivity contribution in [3.8, 4) is 0 Å². The topological polar surface area (TPSA) is 38.5 Å². The molecule has 0 heterocycles. The highest BCUT2D eigenvalue weighted by Gasteiger charge is 2.33. The first-order chi connectivity index (χ1) is 9.24. The summed E-state index contributed by atoms with van der Waals surface area (Å²) < 4.78 is 5.29. The van der Waals surface area contributed by atoms with Gasteiger partial charge in [-0.3, -0.25) is 4.90 Å². The maximum atomic E-state index is 5.78. The molecule has 0 radical (unpaired) electrons. The minimum Gasteiger partial charge on any atom is -0.383 e. The van der Waals surface area contributed by atoms with E-state index in [0.717, 1.165) is 43.5 Å². The highest BCUT2D eigenvalue weighted by atomic mass is 16.5. The van der Waals surface area contributed by atoms with E-state index in [1.807, 2.05) is 7.11 Å². The van der Waals surface area contributed by atoms with Crippen molar-refractivity contribution in [2.75, 3.05) is 33.4 Å². The van der Waals surface area contributed by atoms with E-state index in [1.165, 1.54) is 45.1 Å². The van der Waals surface area contributed by atoms with Crippen LogP contribution in [0.4, 0.5) is 0 Å². The van der Waals surface area contributed by atoms with Crippen LogP contribution in [0.3, 0.4) is 0 Å². The molecule has 3 nitrogen and oxygen atoms in total. The Balaban J connectivity index is 1.78. The lowest BCUT2D eigenvalue weighted by molar-refractivity contribution is 0.0917. The van der Waals surface area contributed by atoms with Gasteiger partial charge in [-0.2, -0.15) is 0 Å².